The van der Waals surface area contributed by atoms with Crippen molar-refractivity contribution in [3.63, 3.8) is 0 Å². The minimum Gasteiger partial charge on any atom is -0.493 e. The molecule has 0 bridgehead atoms. The fourth-order valence-corrected chi connectivity index (χ4v) is 3.08. The van der Waals surface area contributed by atoms with Crippen molar-refractivity contribution in [3.8, 4) is 5.75 Å². The van der Waals surface area contributed by atoms with Crippen molar-refractivity contribution in [1.82, 2.24) is 0 Å². The fraction of sp³-hybridized carbons (Fsp3) is 0.200. The van der Waals surface area contributed by atoms with Crippen molar-refractivity contribution >= 4 is 33.2 Å². The van der Waals surface area contributed by atoms with Gasteiger partial charge in [-0.1, -0.05) is 29.8 Å². The highest BCUT2D eigenvalue weighted by Gasteiger charge is 2.21. The van der Waals surface area contributed by atoms with Gasteiger partial charge in [0.2, 0.25) is 0 Å². The Morgan fingerprint density at radius 2 is 2.05 bits per heavy atom. The molecule has 0 fully saturated rings. The third kappa shape index (κ3) is 2.72. The van der Waals surface area contributed by atoms with Gasteiger partial charge in [0.1, 0.15) is 5.75 Å². The van der Waals surface area contributed by atoms with Crippen LogP contribution in [-0.4, -0.2) is 6.61 Å². The zero-order valence-electron chi connectivity index (χ0n) is 10.2. The molecular weight excluding hydrogens is 326 g/mol. The highest BCUT2D eigenvalue weighted by Crippen LogP contribution is 2.36. The van der Waals surface area contributed by atoms with Gasteiger partial charge in [-0.3, -0.25) is 0 Å². The topological polar surface area (TPSA) is 21.3 Å². The summed E-state index contributed by atoms with van der Waals surface area (Å²) in [6.45, 7) is 0.736. The van der Waals surface area contributed by atoms with Crippen LogP contribution in [0.15, 0.2) is 46.9 Å². The van der Waals surface area contributed by atoms with Crippen LogP contribution in [0.3, 0.4) is 0 Å². The molecule has 0 amide bonds. The Morgan fingerprint density at radius 1 is 1.21 bits per heavy atom. The lowest BCUT2D eigenvalue weighted by Crippen LogP contribution is -2.20. The Hall–Kier alpha value is -1.19. The van der Waals surface area contributed by atoms with Crippen LogP contribution in [0.1, 0.15) is 18.0 Å². The highest BCUT2D eigenvalue weighted by atomic mass is 79.9. The quantitative estimate of drug-likeness (QED) is 0.828. The maximum Gasteiger partial charge on any atom is 0.124 e. The third-order valence-corrected chi connectivity index (χ3v) is 4.11. The SMILES string of the molecule is Clc1ccc(NC2CCOc3ccccc32)c(Br)c1. The summed E-state index contributed by atoms with van der Waals surface area (Å²) in [4.78, 5) is 0. The lowest BCUT2D eigenvalue weighted by molar-refractivity contribution is 0.274. The maximum atomic E-state index is 5.96. The van der Waals surface area contributed by atoms with Gasteiger partial charge in [0.05, 0.1) is 12.6 Å². The van der Waals surface area contributed by atoms with Crippen LogP contribution >= 0.6 is 27.5 Å². The van der Waals surface area contributed by atoms with E-state index >= 15 is 0 Å². The Bertz CT molecular complexity index is 602. The number of fused-ring (bicyclic) bond motifs is 1. The van der Waals surface area contributed by atoms with E-state index in [-0.39, 0.29) is 6.04 Å². The van der Waals surface area contributed by atoms with Crippen LogP contribution < -0.4 is 10.1 Å². The minimum atomic E-state index is 0.266. The first-order chi connectivity index (χ1) is 9.24. The monoisotopic (exact) mass is 337 g/mol. The first kappa shape index (κ1) is 12.8. The van der Waals surface area contributed by atoms with E-state index in [4.69, 9.17) is 16.3 Å². The van der Waals surface area contributed by atoms with E-state index in [9.17, 15) is 0 Å². The standard InChI is InChI=1S/C15H13BrClNO/c16-12-9-10(17)5-6-14(12)18-13-7-8-19-15-4-2-1-3-11(13)15/h1-6,9,13,18H,7-8H2. The molecular formula is C15H13BrClNO. The summed E-state index contributed by atoms with van der Waals surface area (Å²) in [7, 11) is 0. The van der Waals surface area contributed by atoms with E-state index in [2.05, 4.69) is 27.3 Å². The molecule has 1 aliphatic rings. The van der Waals surface area contributed by atoms with E-state index in [1.165, 1.54) is 5.56 Å². The molecule has 1 aliphatic heterocycles. The molecule has 2 aromatic rings. The number of ether oxygens (including phenoxy) is 1. The van der Waals surface area contributed by atoms with Crippen molar-refractivity contribution in [3.05, 3.63) is 57.5 Å². The zero-order chi connectivity index (χ0) is 13.2. The fourth-order valence-electron chi connectivity index (χ4n) is 2.29. The predicted octanol–water partition coefficient (Wildman–Crippen LogP) is 5.04. The number of hydrogen-bond acceptors (Lipinski definition) is 2. The normalized spacial score (nSPS) is 17.5. The molecule has 4 heteroatoms. The average Bonchev–Trinajstić information content (AvgIpc) is 2.42. The Kier molecular flexibility index (Phi) is 3.67. The van der Waals surface area contributed by atoms with Gasteiger partial charge in [-0.2, -0.15) is 0 Å². The van der Waals surface area contributed by atoms with Gasteiger partial charge >= 0.3 is 0 Å². The van der Waals surface area contributed by atoms with Crippen LogP contribution in [-0.2, 0) is 0 Å². The number of rotatable bonds is 2. The molecule has 1 unspecified atom stereocenters. The first-order valence-corrected chi connectivity index (χ1v) is 7.34. The smallest absolute Gasteiger partial charge is 0.124 e. The summed E-state index contributed by atoms with van der Waals surface area (Å²) in [5.41, 5.74) is 2.25. The van der Waals surface area contributed by atoms with E-state index in [1.807, 2.05) is 36.4 Å². The average molecular weight is 339 g/mol. The van der Waals surface area contributed by atoms with Gasteiger partial charge in [-0.05, 0) is 40.2 Å². The number of nitrogens with one attached hydrogen (secondary N) is 1. The van der Waals surface area contributed by atoms with Crippen LogP contribution in [0.4, 0.5) is 5.69 Å². The second kappa shape index (κ2) is 5.43. The number of anilines is 1. The summed E-state index contributed by atoms with van der Waals surface area (Å²) >= 11 is 9.50. The molecule has 1 N–H and O–H groups in total. The summed E-state index contributed by atoms with van der Waals surface area (Å²) < 4.78 is 6.64. The molecule has 1 heterocycles. The molecule has 2 aromatic carbocycles. The Labute approximate surface area is 125 Å². The highest BCUT2D eigenvalue weighted by molar-refractivity contribution is 9.10. The van der Waals surface area contributed by atoms with Gasteiger partial charge in [0.25, 0.3) is 0 Å². The maximum absolute atomic E-state index is 5.96. The van der Waals surface area contributed by atoms with Crippen molar-refractivity contribution in [2.45, 2.75) is 12.5 Å². The summed E-state index contributed by atoms with van der Waals surface area (Å²) in [6, 6.07) is 14.2. The van der Waals surface area contributed by atoms with E-state index < -0.39 is 0 Å². The summed E-state index contributed by atoms with van der Waals surface area (Å²) in [5.74, 6) is 0.969. The van der Waals surface area contributed by atoms with E-state index in [0.717, 1.165) is 34.0 Å². The number of halogens is 2. The molecule has 0 spiro atoms. The molecule has 98 valence electrons. The largest absolute Gasteiger partial charge is 0.493 e. The molecule has 1 atom stereocenters. The molecule has 3 rings (SSSR count). The third-order valence-electron chi connectivity index (χ3n) is 3.22. The molecule has 0 saturated carbocycles. The van der Waals surface area contributed by atoms with E-state index in [1.54, 1.807) is 0 Å². The first-order valence-electron chi connectivity index (χ1n) is 6.17. The van der Waals surface area contributed by atoms with Crippen LogP contribution in [0, 0.1) is 0 Å². The van der Waals surface area contributed by atoms with Gasteiger partial charge in [-0.25, -0.2) is 0 Å². The van der Waals surface area contributed by atoms with Crippen molar-refractivity contribution < 1.29 is 4.74 Å². The van der Waals surface area contributed by atoms with Gasteiger partial charge in [0.15, 0.2) is 0 Å². The molecule has 0 aromatic heterocycles. The lowest BCUT2D eigenvalue weighted by atomic mass is 10.0. The van der Waals surface area contributed by atoms with Gasteiger partial charge in [0, 0.05) is 27.2 Å². The lowest BCUT2D eigenvalue weighted by Gasteiger charge is -2.27. The summed E-state index contributed by atoms with van der Waals surface area (Å²) in [5, 5.41) is 4.27. The molecule has 0 saturated heterocycles. The zero-order valence-corrected chi connectivity index (χ0v) is 12.5. The Morgan fingerprint density at radius 3 is 2.89 bits per heavy atom. The number of benzene rings is 2. The van der Waals surface area contributed by atoms with Crippen LogP contribution in [0.25, 0.3) is 0 Å². The molecule has 2 nitrogen and oxygen atoms in total. The van der Waals surface area contributed by atoms with Gasteiger partial charge < -0.3 is 10.1 Å². The molecule has 0 aliphatic carbocycles. The van der Waals surface area contributed by atoms with Crippen molar-refractivity contribution in [2.24, 2.45) is 0 Å². The predicted molar refractivity (Wildman–Crippen MR) is 82.1 cm³/mol. The summed E-state index contributed by atoms with van der Waals surface area (Å²) in [6.07, 6.45) is 0.950. The second-order valence-corrected chi connectivity index (χ2v) is 5.79. The minimum absolute atomic E-state index is 0.266. The number of hydrogen-bond donors (Lipinski definition) is 1. The van der Waals surface area contributed by atoms with Crippen molar-refractivity contribution in [2.75, 3.05) is 11.9 Å². The van der Waals surface area contributed by atoms with Crippen LogP contribution in [0.5, 0.6) is 5.75 Å². The van der Waals surface area contributed by atoms with Gasteiger partial charge in [-0.15, -0.1) is 0 Å². The Balaban J connectivity index is 1.88. The van der Waals surface area contributed by atoms with Crippen LogP contribution in [0.2, 0.25) is 5.02 Å². The second-order valence-electron chi connectivity index (χ2n) is 4.50. The van der Waals surface area contributed by atoms with Crippen molar-refractivity contribution in [1.29, 1.82) is 0 Å². The molecule has 19 heavy (non-hydrogen) atoms. The van der Waals surface area contributed by atoms with E-state index in [0.29, 0.717) is 0 Å². The molecule has 0 radical (unpaired) electrons. The number of para-hydroxylation sites is 1.